The number of pyridine rings is 1. The van der Waals surface area contributed by atoms with Gasteiger partial charge in [0.05, 0.1) is 17.9 Å². The third-order valence-corrected chi connectivity index (χ3v) is 3.48. The maximum absolute atomic E-state index is 11.9. The van der Waals surface area contributed by atoms with Crippen LogP contribution in [0.4, 0.5) is 11.5 Å². The smallest absolute Gasteiger partial charge is 0.241 e. The quantitative estimate of drug-likeness (QED) is 0.846. The molecule has 0 saturated carbocycles. The normalized spacial score (nSPS) is 18.3. The lowest BCUT2D eigenvalue weighted by molar-refractivity contribution is -0.117. The number of amides is 1. The average Bonchev–Trinajstić information content (AvgIpc) is 2.96. The van der Waals surface area contributed by atoms with Gasteiger partial charge in [0.1, 0.15) is 5.82 Å². The summed E-state index contributed by atoms with van der Waals surface area (Å²) >= 11 is 0. The number of nitrogens with one attached hydrogen (secondary N) is 2. The minimum atomic E-state index is -0.0533. The molecule has 0 spiro atoms. The highest BCUT2D eigenvalue weighted by Gasteiger charge is 2.21. The Balaban J connectivity index is 1.96. The van der Waals surface area contributed by atoms with Gasteiger partial charge in [0.25, 0.3) is 0 Å². The van der Waals surface area contributed by atoms with Crippen molar-refractivity contribution in [1.82, 2.24) is 10.3 Å². The van der Waals surface area contributed by atoms with Gasteiger partial charge >= 0.3 is 0 Å². The first-order valence-electron chi connectivity index (χ1n) is 6.99. The number of carbonyl (C=O) groups excluding carboxylic acids is 1. The second-order valence-electron chi connectivity index (χ2n) is 4.72. The number of carbonyl (C=O) groups is 1. The number of hydrogen-bond acceptors (Lipinski definition) is 4. The first-order valence-corrected chi connectivity index (χ1v) is 6.99. The van der Waals surface area contributed by atoms with Gasteiger partial charge in [-0.3, -0.25) is 4.79 Å². The highest BCUT2D eigenvalue weighted by atomic mass is 16.2. The van der Waals surface area contributed by atoms with Crippen molar-refractivity contribution in [3.63, 3.8) is 0 Å². The topological polar surface area (TPSA) is 57.3 Å². The molecule has 1 aromatic heterocycles. The molecule has 0 radical (unpaired) electrons. The fraction of sp³-hybridized carbons (Fsp3) is 0.571. The summed E-state index contributed by atoms with van der Waals surface area (Å²) in [6.45, 7) is 7.00. The molecule has 1 fully saturated rings. The molecule has 1 saturated heterocycles. The van der Waals surface area contributed by atoms with Gasteiger partial charge in [-0.05, 0) is 45.4 Å². The zero-order valence-corrected chi connectivity index (χ0v) is 11.6. The lowest BCUT2D eigenvalue weighted by atomic mass is 10.2. The Hall–Kier alpha value is -1.62. The predicted octanol–water partition coefficient (Wildman–Crippen LogP) is 1.62. The summed E-state index contributed by atoms with van der Waals surface area (Å²) in [7, 11) is 0. The maximum atomic E-state index is 11.9. The highest BCUT2D eigenvalue weighted by Crippen LogP contribution is 2.15. The largest absolute Gasteiger partial charge is 0.357 e. The number of hydrogen-bond donors (Lipinski definition) is 2. The van der Waals surface area contributed by atoms with Crippen molar-refractivity contribution in [2.45, 2.75) is 32.7 Å². The van der Waals surface area contributed by atoms with E-state index in [4.69, 9.17) is 0 Å². The summed E-state index contributed by atoms with van der Waals surface area (Å²) in [6.07, 6.45) is 3.70. The van der Waals surface area contributed by atoms with Crippen molar-refractivity contribution in [1.29, 1.82) is 0 Å². The Labute approximate surface area is 114 Å². The van der Waals surface area contributed by atoms with E-state index in [0.29, 0.717) is 0 Å². The van der Waals surface area contributed by atoms with Gasteiger partial charge in [-0.25, -0.2) is 4.98 Å². The van der Waals surface area contributed by atoms with E-state index in [1.807, 2.05) is 12.1 Å². The molecule has 0 unspecified atom stereocenters. The molecule has 1 atom stereocenters. The van der Waals surface area contributed by atoms with Gasteiger partial charge in [0.15, 0.2) is 0 Å². The molecular formula is C14H22N4O. The highest BCUT2D eigenvalue weighted by molar-refractivity contribution is 5.94. The van der Waals surface area contributed by atoms with Crippen molar-refractivity contribution in [3.05, 3.63) is 18.3 Å². The molecule has 1 aromatic rings. The van der Waals surface area contributed by atoms with Crippen LogP contribution < -0.4 is 15.5 Å². The van der Waals surface area contributed by atoms with Crippen LogP contribution in [0.3, 0.4) is 0 Å². The monoisotopic (exact) mass is 262 g/mol. The van der Waals surface area contributed by atoms with Crippen LogP contribution in [0, 0.1) is 0 Å². The molecule has 5 heteroatoms. The Kier molecular flexibility index (Phi) is 4.74. The van der Waals surface area contributed by atoms with Crippen LogP contribution in [0.2, 0.25) is 0 Å². The van der Waals surface area contributed by atoms with Gasteiger partial charge in [0, 0.05) is 13.1 Å². The first-order chi connectivity index (χ1) is 9.24. The number of anilines is 2. The predicted molar refractivity (Wildman–Crippen MR) is 77.5 cm³/mol. The van der Waals surface area contributed by atoms with Crippen LogP contribution in [0.25, 0.3) is 0 Å². The van der Waals surface area contributed by atoms with Crippen LogP contribution >= 0.6 is 0 Å². The van der Waals surface area contributed by atoms with Crippen molar-refractivity contribution in [2.24, 2.45) is 0 Å². The van der Waals surface area contributed by atoms with Crippen LogP contribution in [0.5, 0.6) is 0 Å². The second kappa shape index (κ2) is 6.52. The summed E-state index contributed by atoms with van der Waals surface area (Å²) in [5.41, 5.74) is 0.759. The molecule has 1 aliphatic heterocycles. The van der Waals surface area contributed by atoms with Crippen molar-refractivity contribution in [2.75, 3.05) is 29.9 Å². The third-order valence-electron chi connectivity index (χ3n) is 3.48. The summed E-state index contributed by atoms with van der Waals surface area (Å²) in [4.78, 5) is 18.5. The molecule has 2 N–H and O–H groups in total. The molecule has 104 valence electrons. The van der Waals surface area contributed by atoms with Crippen molar-refractivity contribution in [3.8, 4) is 0 Å². The zero-order chi connectivity index (χ0) is 13.7. The van der Waals surface area contributed by atoms with Crippen molar-refractivity contribution >= 4 is 17.4 Å². The van der Waals surface area contributed by atoms with Crippen LogP contribution in [0.1, 0.15) is 26.7 Å². The molecule has 1 amide bonds. The van der Waals surface area contributed by atoms with E-state index in [2.05, 4.69) is 34.4 Å². The molecule has 5 nitrogen and oxygen atoms in total. The Morgan fingerprint density at radius 2 is 2.26 bits per heavy atom. The Bertz CT molecular complexity index is 408. The second-order valence-corrected chi connectivity index (χ2v) is 4.72. The molecule has 1 aliphatic rings. The molecule has 0 aromatic carbocycles. The maximum Gasteiger partial charge on any atom is 0.241 e. The molecular weight excluding hydrogens is 240 g/mol. The average molecular weight is 262 g/mol. The van der Waals surface area contributed by atoms with Gasteiger partial charge < -0.3 is 15.5 Å². The molecule has 19 heavy (non-hydrogen) atoms. The zero-order valence-electron chi connectivity index (χ0n) is 11.6. The summed E-state index contributed by atoms with van der Waals surface area (Å²) in [5, 5.41) is 6.09. The molecule has 2 rings (SSSR count). The fourth-order valence-corrected chi connectivity index (χ4v) is 2.33. The Morgan fingerprint density at radius 1 is 1.47 bits per heavy atom. The van der Waals surface area contributed by atoms with Gasteiger partial charge in [0.2, 0.25) is 5.91 Å². The molecule has 0 bridgehead atoms. The summed E-state index contributed by atoms with van der Waals surface area (Å²) in [6, 6.07) is 3.81. The van der Waals surface area contributed by atoms with E-state index in [1.54, 1.807) is 6.20 Å². The SMILES string of the molecule is CCN(CC)c1ccc(NC(=O)[C@H]2CCCN2)cn1. The van der Waals surface area contributed by atoms with Crippen LogP contribution in [0.15, 0.2) is 18.3 Å². The minimum Gasteiger partial charge on any atom is -0.357 e. The Morgan fingerprint density at radius 3 is 2.79 bits per heavy atom. The van der Waals surface area contributed by atoms with Gasteiger partial charge in [-0.2, -0.15) is 0 Å². The summed E-state index contributed by atoms with van der Waals surface area (Å²) in [5.74, 6) is 0.983. The van der Waals surface area contributed by atoms with E-state index in [-0.39, 0.29) is 11.9 Å². The van der Waals surface area contributed by atoms with Gasteiger partial charge in [-0.15, -0.1) is 0 Å². The minimum absolute atomic E-state index is 0.0369. The van der Waals surface area contributed by atoms with Crippen LogP contribution in [-0.4, -0.2) is 36.6 Å². The van der Waals surface area contributed by atoms with Gasteiger partial charge in [-0.1, -0.05) is 0 Å². The standard InChI is InChI=1S/C14H22N4O/c1-3-18(4-2)13-8-7-11(10-16-13)17-14(19)12-6-5-9-15-12/h7-8,10,12,15H,3-6,9H2,1-2H3,(H,17,19)/t12-/m1/s1. The molecule has 0 aliphatic carbocycles. The first kappa shape index (κ1) is 13.8. The summed E-state index contributed by atoms with van der Waals surface area (Å²) < 4.78 is 0. The third kappa shape index (κ3) is 3.44. The van der Waals surface area contributed by atoms with Crippen LogP contribution in [-0.2, 0) is 4.79 Å². The van der Waals surface area contributed by atoms with E-state index in [0.717, 1.165) is 44.0 Å². The lowest BCUT2D eigenvalue weighted by Gasteiger charge is -2.19. The number of nitrogens with zero attached hydrogens (tertiary/aromatic N) is 2. The molecule has 2 heterocycles. The van der Waals surface area contributed by atoms with E-state index < -0.39 is 0 Å². The number of rotatable bonds is 5. The fourth-order valence-electron chi connectivity index (χ4n) is 2.33. The van der Waals surface area contributed by atoms with Crippen molar-refractivity contribution < 1.29 is 4.79 Å². The van der Waals surface area contributed by atoms with E-state index >= 15 is 0 Å². The van der Waals surface area contributed by atoms with E-state index in [1.165, 1.54) is 0 Å². The van der Waals surface area contributed by atoms with E-state index in [9.17, 15) is 4.79 Å². The number of aromatic nitrogens is 1. The lowest BCUT2D eigenvalue weighted by Crippen LogP contribution is -2.35.